The number of fused-ring (bicyclic) bond motifs is 1. The molecule has 0 fully saturated rings. The van der Waals surface area contributed by atoms with Gasteiger partial charge in [0.15, 0.2) is 0 Å². The van der Waals surface area contributed by atoms with E-state index in [1.807, 2.05) is 30.3 Å². The number of benzene rings is 1. The van der Waals surface area contributed by atoms with Gasteiger partial charge < -0.3 is 5.32 Å². The summed E-state index contributed by atoms with van der Waals surface area (Å²) < 4.78 is 0.662. The van der Waals surface area contributed by atoms with Crippen LogP contribution in [-0.4, -0.2) is 15.0 Å². The van der Waals surface area contributed by atoms with Crippen LogP contribution in [0.15, 0.2) is 47.3 Å². The molecular formula is C14H10BrClN4. The second kappa shape index (κ2) is 5.73. The number of nitrogens with zero attached hydrogens (tertiary/aromatic N) is 3. The highest BCUT2D eigenvalue weighted by molar-refractivity contribution is 9.10. The molecule has 0 aliphatic rings. The quantitative estimate of drug-likeness (QED) is 0.725. The van der Waals surface area contributed by atoms with Gasteiger partial charge in [-0.1, -0.05) is 35.9 Å². The second-order valence-electron chi connectivity index (χ2n) is 4.17. The van der Waals surface area contributed by atoms with Crippen LogP contribution in [0.4, 0.5) is 5.82 Å². The summed E-state index contributed by atoms with van der Waals surface area (Å²) in [4.78, 5) is 12.5. The first-order valence-corrected chi connectivity index (χ1v) is 7.15. The largest absolute Gasteiger partial charge is 0.365 e. The molecule has 0 saturated carbocycles. The maximum atomic E-state index is 5.94. The molecule has 6 heteroatoms. The molecule has 0 saturated heterocycles. The lowest BCUT2D eigenvalue weighted by atomic mass is 10.1. The normalized spacial score (nSPS) is 10.7. The number of anilines is 1. The smallest absolute Gasteiger partial charge is 0.148 e. The highest BCUT2D eigenvalue weighted by Gasteiger charge is 2.07. The van der Waals surface area contributed by atoms with E-state index in [-0.39, 0.29) is 0 Å². The van der Waals surface area contributed by atoms with Gasteiger partial charge in [-0.05, 0) is 27.6 Å². The fourth-order valence-corrected chi connectivity index (χ4v) is 2.44. The van der Waals surface area contributed by atoms with E-state index in [0.29, 0.717) is 22.0 Å². The molecule has 0 aliphatic heterocycles. The van der Waals surface area contributed by atoms with E-state index in [0.717, 1.165) is 16.5 Å². The molecule has 1 N–H and O–H groups in total. The summed E-state index contributed by atoms with van der Waals surface area (Å²) in [5.74, 6) is 0.665. The number of rotatable bonds is 3. The van der Waals surface area contributed by atoms with Gasteiger partial charge in [0.2, 0.25) is 0 Å². The zero-order valence-electron chi connectivity index (χ0n) is 10.3. The van der Waals surface area contributed by atoms with E-state index in [1.54, 1.807) is 6.20 Å². The Hall–Kier alpha value is -1.72. The molecule has 2 aromatic heterocycles. The van der Waals surface area contributed by atoms with Crippen molar-refractivity contribution in [1.82, 2.24) is 15.0 Å². The van der Waals surface area contributed by atoms with Crippen molar-refractivity contribution in [2.45, 2.75) is 6.54 Å². The average molecular weight is 350 g/mol. The fourth-order valence-electron chi connectivity index (χ4n) is 1.96. The second-order valence-corrected chi connectivity index (χ2v) is 5.32. The molecule has 3 aromatic rings. The van der Waals surface area contributed by atoms with Gasteiger partial charge in [-0.2, -0.15) is 0 Å². The monoisotopic (exact) mass is 348 g/mol. The summed E-state index contributed by atoms with van der Waals surface area (Å²) in [5, 5.41) is 4.74. The Morgan fingerprint density at radius 3 is 2.85 bits per heavy atom. The number of pyridine rings is 1. The van der Waals surface area contributed by atoms with Crippen LogP contribution in [0.25, 0.3) is 10.9 Å². The molecule has 100 valence electrons. The van der Waals surface area contributed by atoms with Gasteiger partial charge >= 0.3 is 0 Å². The van der Waals surface area contributed by atoms with Crippen molar-refractivity contribution in [2.24, 2.45) is 0 Å². The first-order valence-electron chi connectivity index (χ1n) is 5.98. The molecule has 0 atom stereocenters. The van der Waals surface area contributed by atoms with E-state index >= 15 is 0 Å². The number of hydrogen-bond donors (Lipinski definition) is 1. The SMILES string of the molecule is Clc1ncnc(NCc2cccc3cccnc23)c1Br. The van der Waals surface area contributed by atoms with Gasteiger partial charge in [-0.25, -0.2) is 9.97 Å². The molecular weight excluding hydrogens is 340 g/mol. The molecule has 0 amide bonds. The number of aromatic nitrogens is 3. The van der Waals surface area contributed by atoms with E-state index in [4.69, 9.17) is 11.6 Å². The maximum Gasteiger partial charge on any atom is 0.148 e. The van der Waals surface area contributed by atoms with E-state index in [1.165, 1.54) is 6.33 Å². The third-order valence-corrected chi connectivity index (χ3v) is 4.18. The number of para-hydroxylation sites is 1. The van der Waals surface area contributed by atoms with E-state index in [9.17, 15) is 0 Å². The van der Waals surface area contributed by atoms with Crippen LogP contribution < -0.4 is 5.32 Å². The predicted octanol–water partition coefficient (Wildman–Crippen LogP) is 4.05. The fraction of sp³-hybridized carbons (Fsp3) is 0.0714. The lowest BCUT2D eigenvalue weighted by molar-refractivity contribution is 1.07. The third-order valence-electron chi connectivity index (χ3n) is 2.91. The van der Waals surface area contributed by atoms with Crippen molar-refractivity contribution < 1.29 is 0 Å². The van der Waals surface area contributed by atoms with Gasteiger partial charge in [-0.3, -0.25) is 4.98 Å². The Balaban J connectivity index is 1.89. The van der Waals surface area contributed by atoms with Gasteiger partial charge in [0.1, 0.15) is 17.3 Å². The predicted molar refractivity (Wildman–Crippen MR) is 83.8 cm³/mol. The summed E-state index contributed by atoms with van der Waals surface area (Å²) in [6.45, 7) is 0.611. The molecule has 1 aromatic carbocycles. The molecule has 0 unspecified atom stereocenters. The van der Waals surface area contributed by atoms with Gasteiger partial charge in [0.25, 0.3) is 0 Å². The molecule has 0 bridgehead atoms. The molecule has 4 nitrogen and oxygen atoms in total. The van der Waals surface area contributed by atoms with Crippen molar-refractivity contribution >= 4 is 44.3 Å². The molecule has 0 aliphatic carbocycles. The van der Waals surface area contributed by atoms with Crippen molar-refractivity contribution in [1.29, 1.82) is 0 Å². The van der Waals surface area contributed by atoms with Gasteiger partial charge in [-0.15, -0.1) is 0 Å². The molecule has 20 heavy (non-hydrogen) atoms. The van der Waals surface area contributed by atoms with Crippen molar-refractivity contribution in [3.05, 3.63) is 58.0 Å². The van der Waals surface area contributed by atoms with Crippen molar-refractivity contribution in [2.75, 3.05) is 5.32 Å². The van der Waals surface area contributed by atoms with Crippen LogP contribution in [0, 0.1) is 0 Å². The van der Waals surface area contributed by atoms with E-state index < -0.39 is 0 Å². The van der Waals surface area contributed by atoms with Crippen LogP contribution in [0.3, 0.4) is 0 Å². The zero-order chi connectivity index (χ0) is 13.9. The standard InChI is InChI=1S/C14H10BrClN4/c15-11-13(16)19-8-20-14(11)18-7-10-4-1-3-9-5-2-6-17-12(9)10/h1-6,8H,7H2,(H,18,19,20). The minimum Gasteiger partial charge on any atom is -0.365 e. The summed E-state index contributed by atoms with van der Waals surface area (Å²) in [6.07, 6.45) is 3.22. The summed E-state index contributed by atoms with van der Waals surface area (Å²) >= 11 is 9.31. The number of hydrogen-bond acceptors (Lipinski definition) is 4. The highest BCUT2D eigenvalue weighted by Crippen LogP contribution is 2.26. The van der Waals surface area contributed by atoms with Crippen LogP contribution >= 0.6 is 27.5 Å². The average Bonchev–Trinajstić information content (AvgIpc) is 2.49. The lowest BCUT2D eigenvalue weighted by Crippen LogP contribution is -2.03. The van der Waals surface area contributed by atoms with E-state index in [2.05, 4.69) is 36.2 Å². The van der Waals surface area contributed by atoms with Crippen LogP contribution in [0.1, 0.15) is 5.56 Å². The maximum absolute atomic E-state index is 5.94. The Labute approximate surface area is 129 Å². The van der Waals surface area contributed by atoms with Gasteiger partial charge in [0.05, 0.1) is 9.99 Å². The Kier molecular flexibility index (Phi) is 3.80. The third kappa shape index (κ3) is 2.59. The Morgan fingerprint density at radius 2 is 1.95 bits per heavy atom. The highest BCUT2D eigenvalue weighted by atomic mass is 79.9. The molecule has 2 heterocycles. The van der Waals surface area contributed by atoms with Crippen LogP contribution in [-0.2, 0) is 6.54 Å². The molecule has 3 rings (SSSR count). The lowest BCUT2D eigenvalue weighted by Gasteiger charge is -2.09. The first-order chi connectivity index (χ1) is 9.75. The summed E-state index contributed by atoms with van der Waals surface area (Å²) in [6, 6.07) is 10.1. The Morgan fingerprint density at radius 1 is 1.10 bits per heavy atom. The number of halogens is 2. The van der Waals surface area contributed by atoms with Crippen LogP contribution in [0.2, 0.25) is 5.15 Å². The zero-order valence-corrected chi connectivity index (χ0v) is 12.7. The van der Waals surface area contributed by atoms with Crippen molar-refractivity contribution in [3.63, 3.8) is 0 Å². The van der Waals surface area contributed by atoms with Crippen LogP contribution in [0.5, 0.6) is 0 Å². The Bertz CT molecular complexity index is 758. The summed E-state index contributed by atoms with van der Waals surface area (Å²) in [7, 11) is 0. The molecule has 0 radical (unpaired) electrons. The topological polar surface area (TPSA) is 50.7 Å². The first kappa shape index (κ1) is 13.3. The summed E-state index contributed by atoms with van der Waals surface area (Å²) in [5.41, 5.74) is 2.09. The number of nitrogens with one attached hydrogen (secondary N) is 1. The minimum atomic E-state index is 0.388. The minimum absolute atomic E-state index is 0.388. The van der Waals surface area contributed by atoms with Gasteiger partial charge in [0, 0.05) is 18.1 Å². The molecule has 0 spiro atoms. The van der Waals surface area contributed by atoms with Crippen molar-refractivity contribution in [3.8, 4) is 0 Å².